The van der Waals surface area contributed by atoms with E-state index in [1.807, 2.05) is 6.26 Å². The van der Waals surface area contributed by atoms with Gasteiger partial charge >= 0.3 is 0 Å². The van der Waals surface area contributed by atoms with E-state index in [4.69, 9.17) is 0 Å². The minimum absolute atomic E-state index is 0.283. The van der Waals surface area contributed by atoms with E-state index in [0.29, 0.717) is 0 Å². The molecule has 0 fully saturated rings. The first-order valence-electron chi connectivity index (χ1n) is 3.83. The zero-order valence-corrected chi connectivity index (χ0v) is 7.58. The molecule has 0 saturated carbocycles. The highest BCUT2D eigenvalue weighted by molar-refractivity contribution is 7.99. The van der Waals surface area contributed by atoms with Crippen LogP contribution in [-0.2, 0) is 6.42 Å². The van der Waals surface area contributed by atoms with E-state index in [0.717, 1.165) is 17.5 Å². The molecule has 1 N–H and O–H groups in total. The maximum atomic E-state index is 9.75. The molecule has 4 heteroatoms. The van der Waals surface area contributed by atoms with Crippen LogP contribution in [0.4, 0.5) is 0 Å². The van der Waals surface area contributed by atoms with Gasteiger partial charge in [-0.15, -0.1) is 0 Å². The molecule has 0 spiro atoms. The standard InChI is InChI=1S/C8H10N2OS/c1-12-7-2-5-3-9-10-4-6(5)8(7)11/h3-4,7-8,11H,2H2,1H3. The molecular formula is C8H10N2OS. The summed E-state index contributed by atoms with van der Waals surface area (Å²) in [6.07, 6.45) is 5.98. The van der Waals surface area contributed by atoms with Gasteiger partial charge in [-0.1, -0.05) is 0 Å². The summed E-state index contributed by atoms with van der Waals surface area (Å²) in [4.78, 5) is 0. The van der Waals surface area contributed by atoms with Crippen LogP contribution in [0.3, 0.4) is 0 Å². The van der Waals surface area contributed by atoms with Gasteiger partial charge < -0.3 is 5.11 Å². The van der Waals surface area contributed by atoms with Crippen molar-refractivity contribution >= 4 is 11.8 Å². The summed E-state index contributed by atoms with van der Waals surface area (Å²) in [5.41, 5.74) is 2.08. The molecule has 2 unspecified atom stereocenters. The van der Waals surface area contributed by atoms with Crippen molar-refractivity contribution in [1.29, 1.82) is 0 Å². The summed E-state index contributed by atoms with van der Waals surface area (Å²) in [7, 11) is 0. The molecule has 2 rings (SSSR count). The molecule has 0 amide bonds. The molecule has 1 aromatic rings. The quantitative estimate of drug-likeness (QED) is 0.697. The lowest BCUT2D eigenvalue weighted by Gasteiger charge is -2.10. The first-order chi connectivity index (χ1) is 5.83. The summed E-state index contributed by atoms with van der Waals surface area (Å²) in [5, 5.41) is 17.6. The second-order valence-electron chi connectivity index (χ2n) is 2.89. The molecule has 2 atom stereocenters. The number of thioether (sulfide) groups is 1. The fraction of sp³-hybridized carbons (Fsp3) is 0.500. The van der Waals surface area contributed by atoms with Gasteiger partial charge in [0.15, 0.2) is 0 Å². The highest BCUT2D eigenvalue weighted by Gasteiger charge is 2.30. The number of hydrogen-bond acceptors (Lipinski definition) is 4. The van der Waals surface area contributed by atoms with Gasteiger partial charge in [0.2, 0.25) is 0 Å². The maximum absolute atomic E-state index is 9.75. The molecule has 0 aromatic carbocycles. The molecule has 3 nitrogen and oxygen atoms in total. The van der Waals surface area contributed by atoms with Gasteiger partial charge in [-0.3, -0.25) is 0 Å². The first-order valence-corrected chi connectivity index (χ1v) is 5.12. The van der Waals surface area contributed by atoms with Gasteiger partial charge in [-0.2, -0.15) is 22.0 Å². The van der Waals surface area contributed by atoms with Gasteiger partial charge in [0.25, 0.3) is 0 Å². The maximum Gasteiger partial charge on any atom is 0.0930 e. The third-order valence-corrected chi connectivity index (χ3v) is 3.27. The van der Waals surface area contributed by atoms with Gasteiger partial charge in [-0.05, 0) is 18.2 Å². The Morgan fingerprint density at radius 3 is 2.92 bits per heavy atom. The Kier molecular flexibility index (Phi) is 2.02. The number of aliphatic hydroxyl groups excluding tert-OH is 1. The average molecular weight is 182 g/mol. The molecular weight excluding hydrogens is 172 g/mol. The van der Waals surface area contributed by atoms with Crippen LogP contribution in [0.25, 0.3) is 0 Å². The molecule has 0 radical (unpaired) electrons. The molecule has 0 bridgehead atoms. The number of nitrogens with zero attached hydrogens (tertiary/aromatic N) is 2. The summed E-state index contributed by atoms with van der Waals surface area (Å²) in [6, 6.07) is 0. The summed E-state index contributed by atoms with van der Waals surface area (Å²) < 4.78 is 0. The van der Waals surface area contributed by atoms with Crippen LogP contribution >= 0.6 is 11.8 Å². The van der Waals surface area contributed by atoms with Crippen LogP contribution in [0.1, 0.15) is 17.2 Å². The molecule has 0 aliphatic heterocycles. The van der Waals surface area contributed by atoms with Crippen molar-refractivity contribution in [3.05, 3.63) is 23.5 Å². The Labute approximate surface area is 75.2 Å². The molecule has 0 saturated heterocycles. The Hall–Kier alpha value is -0.610. The van der Waals surface area contributed by atoms with E-state index in [1.54, 1.807) is 24.2 Å². The van der Waals surface area contributed by atoms with E-state index in [9.17, 15) is 5.11 Å². The lowest BCUT2D eigenvalue weighted by atomic mass is 10.2. The fourth-order valence-electron chi connectivity index (χ4n) is 1.53. The van der Waals surface area contributed by atoms with Gasteiger partial charge in [0.05, 0.1) is 18.5 Å². The van der Waals surface area contributed by atoms with Crippen molar-refractivity contribution in [3.8, 4) is 0 Å². The van der Waals surface area contributed by atoms with Crippen molar-refractivity contribution in [1.82, 2.24) is 10.2 Å². The van der Waals surface area contributed by atoms with Crippen molar-refractivity contribution < 1.29 is 5.11 Å². The Balaban J connectivity index is 2.35. The third-order valence-electron chi connectivity index (χ3n) is 2.24. The Morgan fingerprint density at radius 1 is 1.50 bits per heavy atom. The molecule has 1 heterocycles. The number of aliphatic hydroxyl groups is 1. The normalized spacial score (nSPS) is 27.2. The molecule has 1 aliphatic carbocycles. The van der Waals surface area contributed by atoms with Crippen LogP contribution in [0.15, 0.2) is 12.4 Å². The van der Waals surface area contributed by atoms with Crippen LogP contribution in [0.5, 0.6) is 0 Å². The van der Waals surface area contributed by atoms with Gasteiger partial charge in [0.1, 0.15) is 0 Å². The molecule has 1 aliphatic rings. The predicted molar refractivity (Wildman–Crippen MR) is 48.0 cm³/mol. The van der Waals surface area contributed by atoms with E-state index in [2.05, 4.69) is 10.2 Å². The van der Waals surface area contributed by atoms with Crippen molar-refractivity contribution in [2.45, 2.75) is 17.8 Å². The van der Waals surface area contributed by atoms with E-state index < -0.39 is 0 Å². The highest BCUT2D eigenvalue weighted by Crippen LogP contribution is 2.36. The second kappa shape index (κ2) is 3.03. The molecule has 12 heavy (non-hydrogen) atoms. The fourth-order valence-corrected chi connectivity index (χ4v) is 2.28. The SMILES string of the molecule is CSC1Cc2cnncc2C1O. The van der Waals surface area contributed by atoms with Crippen molar-refractivity contribution in [2.75, 3.05) is 6.26 Å². The van der Waals surface area contributed by atoms with Gasteiger partial charge in [0, 0.05) is 10.8 Å². The molecule has 64 valence electrons. The van der Waals surface area contributed by atoms with Crippen LogP contribution < -0.4 is 0 Å². The predicted octanol–water partition coefficient (Wildman–Crippen LogP) is 0.798. The number of rotatable bonds is 1. The summed E-state index contributed by atoms with van der Waals surface area (Å²) in [6.45, 7) is 0. The van der Waals surface area contributed by atoms with Crippen LogP contribution in [0, 0.1) is 0 Å². The van der Waals surface area contributed by atoms with Gasteiger partial charge in [-0.25, -0.2) is 0 Å². The largest absolute Gasteiger partial charge is 0.387 e. The summed E-state index contributed by atoms with van der Waals surface area (Å²) in [5.74, 6) is 0. The van der Waals surface area contributed by atoms with E-state index >= 15 is 0 Å². The van der Waals surface area contributed by atoms with Crippen LogP contribution in [-0.4, -0.2) is 26.8 Å². The lowest BCUT2D eigenvalue weighted by molar-refractivity contribution is 0.185. The second-order valence-corrected chi connectivity index (χ2v) is 3.97. The Morgan fingerprint density at radius 2 is 2.25 bits per heavy atom. The highest BCUT2D eigenvalue weighted by atomic mass is 32.2. The third kappa shape index (κ3) is 1.11. The average Bonchev–Trinajstić information content (AvgIpc) is 2.44. The topological polar surface area (TPSA) is 46.0 Å². The molecule has 1 aromatic heterocycles. The number of hydrogen-bond donors (Lipinski definition) is 1. The monoisotopic (exact) mass is 182 g/mol. The Bertz CT molecular complexity index is 292. The van der Waals surface area contributed by atoms with Crippen LogP contribution in [0.2, 0.25) is 0 Å². The zero-order chi connectivity index (χ0) is 8.55. The minimum Gasteiger partial charge on any atom is -0.387 e. The van der Waals surface area contributed by atoms with Crippen molar-refractivity contribution in [3.63, 3.8) is 0 Å². The van der Waals surface area contributed by atoms with E-state index in [1.165, 1.54) is 0 Å². The van der Waals surface area contributed by atoms with E-state index in [-0.39, 0.29) is 11.4 Å². The first kappa shape index (κ1) is 8.01. The minimum atomic E-state index is -0.356. The van der Waals surface area contributed by atoms with Crippen molar-refractivity contribution in [2.24, 2.45) is 0 Å². The summed E-state index contributed by atoms with van der Waals surface area (Å²) >= 11 is 1.69. The number of aromatic nitrogens is 2. The zero-order valence-electron chi connectivity index (χ0n) is 6.77. The lowest BCUT2D eigenvalue weighted by Crippen LogP contribution is -2.08. The number of fused-ring (bicyclic) bond motifs is 1. The smallest absolute Gasteiger partial charge is 0.0930 e.